The lowest BCUT2D eigenvalue weighted by Gasteiger charge is -2.26. The number of nitrogens with zero attached hydrogens (tertiary/aromatic N) is 2. The summed E-state index contributed by atoms with van der Waals surface area (Å²) in [4.78, 5) is 18.1. The quantitative estimate of drug-likeness (QED) is 0.617. The Morgan fingerprint density at radius 1 is 1.53 bits per heavy atom. The van der Waals surface area contributed by atoms with Gasteiger partial charge in [0.2, 0.25) is 0 Å². The van der Waals surface area contributed by atoms with Gasteiger partial charge in [0.1, 0.15) is 5.69 Å². The Morgan fingerprint density at radius 3 is 3.00 bits per heavy atom. The molecular formula is C14H19ClN2OS. The SMILES string of the molecule is CN(CC1CC2CCC1C2)c1nc(C(=O)CCl)cs1. The van der Waals surface area contributed by atoms with Crippen LogP contribution in [0.2, 0.25) is 0 Å². The molecule has 3 unspecified atom stereocenters. The zero-order chi connectivity index (χ0) is 13.4. The van der Waals surface area contributed by atoms with Crippen LogP contribution in [0, 0.1) is 17.8 Å². The fourth-order valence-electron chi connectivity index (χ4n) is 3.67. The van der Waals surface area contributed by atoms with Gasteiger partial charge in [-0.1, -0.05) is 6.42 Å². The van der Waals surface area contributed by atoms with Crippen LogP contribution in [0.4, 0.5) is 5.13 Å². The number of fused-ring (bicyclic) bond motifs is 2. The lowest BCUT2D eigenvalue weighted by Crippen LogP contribution is -2.28. The molecule has 3 nitrogen and oxygen atoms in total. The highest BCUT2D eigenvalue weighted by Gasteiger charge is 2.39. The molecular weight excluding hydrogens is 280 g/mol. The third kappa shape index (κ3) is 2.65. The van der Waals surface area contributed by atoms with Crippen molar-refractivity contribution in [3.05, 3.63) is 11.1 Å². The van der Waals surface area contributed by atoms with E-state index in [1.807, 2.05) is 5.38 Å². The van der Waals surface area contributed by atoms with E-state index in [-0.39, 0.29) is 11.7 Å². The summed E-state index contributed by atoms with van der Waals surface area (Å²) in [5, 5.41) is 2.76. The van der Waals surface area contributed by atoms with Gasteiger partial charge in [0, 0.05) is 19.0 Å². The van der Waals surface area contributed by atoms with Gasteiger partial charge in [-0.05, 0) is 37.0 Å². The summed E-state index contributed by atoms with van der Waals surface area (Å²) >= 11 is 7.10. The third-order valence-electron chi connectivity index (χ3n) is 4.62. The fraction of sp³-hybridized carbons (Fsp3) is 0.714. The number of carbonyl (C=O) groups excluding carboxylic acids is 1. The maximum Gasteiger partial charge on any atom is 0.196 e. The minimum absolute atomic E-state index is 0.0132. The number of halogens is 1. The number of Topliss-reactive ketones (excluding diaryl/α,β-unsaturated/α-hetero) is 1. The van der Waals surface area contributed by atoms with Crippen molar-refractivity contribution >= 4 is 33.9 Å². The van der Waals surface area contributed by atoms with Gasteiger partial charge in [-0.25, -0.2) is 4.98 Å². The van der Waals surface area contributed by atoms with Crippen LogP contribution in [0.15, 0.2) is 5.38 Å². The molecule has 19 heavy (non-hydrogen) atoms. The molecule has 2 aliphatic rings. The van der Waals surface area contributed by atoms with Crippen LogP contribution < -0.4 is 4.90 Å². The van der Waals surface area contributed by atoms with E-state index in [1.54, 1.807) is 11.3 Å². The summed E-state index contributed by atoms with van der Waals surface area (Å²) in [6, 6.07) is 0. The molecule has 0 saturated heterocycles. The molecule has 0 aliphatic heterocycles. The van der Waals surface area contributed by atoms with E-state index >= 15 is 0 Å². The summed E-state index contributed by atoms with van der Waals surface area (Å²) in [6.45, 7) is 1.07. The first-order valence-electron chi connectivity index (χ1n) is 6.93. The van der Waals surface area contributed by atoms with Gasteiger partial charge < -0.3 is 4.90 Å². The molecule has 2 bridgehead atoms. The number of thiazole rings is 1. The third-order valence-corrected chi connectivity index (χ3v) is 5.82. The monoisotopic (exact) mass is 298 g/mol. The van der Waals surface area contributed by atoms with Gasteiger partial charge in [0.05, 0.1) is 5.88 Å². The first-order chi connectivity index (χ1) is 9.17. The summed E-state index contributed by atoms with van der Waals surface area (Å²) in [5.41, 5.74) is 0.509. The van der Waals surface area contributed by atoms with Crippen LogP contribution in [0.5, 0.6) is 0 Å². The van der Waals surface area contributed by atoms with Crippen LogP contribution in [0.1, 0.15) is 36.2 Å². The Morgan fingerprint density at radius 2 is 2.37 bits per heavy atom. The standard InChI is InChI=1S/C14H19ClN2OS/c1-17(7-11-5-9-2-3-10(11)4-9)14-16-12(8-19-14)13(18)6-15/h8-11H,2-7H2,1H3. The molecule has 3 atom stereocenters. The Bertz CT molecular complexity index is 476. The number of rotatable bonds is 5. The second kappa shape index (κ2) is 5.41. The van der Waals surface area contributed by atoms with E-state index in [4.69, 9.17) is 11.6 Å². The average molecular weight is 299 g/mol. The van der Waals surface area contributed by atoms with E-state index in [0.717, 1.165) is 29.4 Å². The van der Waals surface area contributed by atoms with Crippen molar-refractivity contribution in [2.24, 2.45) is 17.8 Å². The Labute approximate surface area is 123 Å². The van der Waals surface area contributed by atoms with Crippen LogP contribution in [-0.4, -0.2) is 30.2 Å². The molecule has 1 aromatic rings. The summed E-state index contributed by atoms with van der Waals surface area (Å²) in [7, 11) is 2.08. The van der Waals surface area contributed by atoms with E-state index in [0.29, 0.717) is 5.69 Å². The average Bonchev–Trinajstić information content (AvgIpc) is 3.13. The van der Waals surface area contributed by atoms with Crippen molar-refractivity contribution in [2.75, 3.05) is 24.4 Å². The minimum Gasteiger partial charge on any atom is -0.351 e. The number of hydrogen-bond donors (Lipinski definition) is 0. The number of alkyl halides is 1. The van der Waals surface area contributed by atoms with E-state index in [2.05, 4.69) is 16.9 Å². The molecule has 104 valence electrons. The Balaban J connectivity index is 1.62. The van der Waals surface area contributed by atoms with Gasteiger partial charge in [0.25, 0.3) is 0 Å². The molecule has 2 fully saturated rings. The second-order valence-corrected chi connectivity index (χ2v) is 6.99. The predicted molar refractivity (Wildman–Crippen MR) is 79.4 cm³/mol. The van der Waals surface area contributed by atoms with E-state index in [1.165, 1.54) is 25.7 Å². The van der Waals surface area contributed by atoms with Gasteiger partial charge in [-0.3, -0.25) is 4.79 Å². The normalized spacial score (nSPS) is 28.8. The van der Waals surface area contributed by atoms with Gasteiger partial charge in [-0.2, -0.15) is 0 Å². The molecule has 5 heteroatoms. The van der Waals surface area contributed by atoms with Gasteiger partial charge >= 0.3 is 0 Å². The summed E-state index contributed by atoms with van der Waals surface area (Å²) in [6.07, 6.45) is 5.67. The summed E-state index contributed by atoms with van der Waals surface area (Å²) < 4.78 is 0. The largest absolute Gasteiger partial charge is 0.351 e. The van der Waals surface area contributed by atoms with Crippen molar-refractivity contribution in [1.29, 1.82) is 0 Å². The summed E-state index contributed by atoms with van der Waals surface area (Å²) in [5.74, 6) is 2.65. The molecule has 0 N–H and O–H groups in total. The molecule has 2 saturated carbocycles. The molecule has 0 aromatic carbocycles. The molecule has 0 radical (unpaired) electrons. The van der Waals surface area contributed by atoms with Gasteiger partial charge in [0.15, 0.2) is 10.9 Å². The van der Waals surface area contributed by atoms with Crippen LogP contribution in [-0.2, 0) is 0 Å². The number of anilines is 1. The van der Waals surface area contributed by atoms with Crippen molar-refractivity contribution in [1.82, 2.24) is 4.98 Å². The molecule has 0 spiro atoms. The molecule has 2 aliphatic carbocycles. The topological polar surface area (TPSA) is 33.2 Å². The zero-order valence-corrected chi connectivity index (χ0v) is 12.7. The van der Waals surface area contributed by atoms with Crippen molar-refractivity contribution in [3.63, 3.8) is 0 Å². The molecule has 0 amide bonds. The number of ketones is 1. The van der Waals surface area contributed by atoms with E-state index < -0.39 is 0 Å². The van der Waals surface area contributed by atoms with Crippen molar-refractivity contribution in [2.45, 2.75) is 25.7 Å². The smallest absolute Gasteiger partial charge is 0.196 e. The maximum atomic E-state index is 11.5. The highest BCUT2D eigenvalue weighted by atomic mass is 35.5. The fourth-order valence-corrected chi connectivity index (χ4v) is 4.61. The minimum atomic E-state index is -0.0857. The first-order valence-corrected chi connectivity index (χ1v) is 8.34. The van der Waals surface area contributed by atoms with Crippen LogP contribution in [0.25, 0.3) is 0 Å². The van der Waals surface area contributed by atoms with Crippen LogP contribution in [0.3, 0.4) is 0 Å². The number of aromatic nitrogens is 1. The number of hydrogen-bond acceptors (Lipinski definition) is 4. The molecule has 1 heterocycles. The maximum absolute atomic E-state index is 11.5. The van der Waals surface area contributed by atoms with Crippen molar-refractivity contribution < 1.29 is 4.79 Å². The Kier molecular flexibility index (Phi) is 3.81. The molecule has 3 rings (SSSR count). The second-order valence-electron chi connectivity index (χ2n) is 5.89. The highest BCUT2D eigenvalue weighted by molar-refractivity contribution is 7.13. The highest BCUT2D eigenvalue weighted by Crippen LogP contribution is 2.48. The van der Waals surface area contributed by atoms with Crippen LogP contribution >= 0.6 is 22.9 Å². The van der Waals surface area contributed by atoms with Gasteiger partial charge in [-0.15, -0.1) is 22.9 Å². The lowest BCUT2D eigenvalue weighted by atomic mass is 9.88. The molecule has 1 aromatic heterocycles. The Hall–Kier alpha value is -0.610. The van der Waals surface area contributed by atoms with Crippen molar-refractivity contribution in [3.8, 4) is 0 Å². The van der Waals surface area contributed by atoms with E-state index in [9.17, 15) is 4.79 Å². The first kappa shape index (κ1) is 13.4. The zero-order valence-electron chi connectivity index (χ0n) is 11.1. The predicted octanol–water partition coefficient (Wildman–Crippen LogP) is 3.44. The number of carbonyl (C=O) groups is 1. The lowest BCUT2D eigenvalue weighted by molar-refractivity contribution is 0.101.